The van der Waals surface area contributed by atoms with Gasteiger partial charge in [-0.05, 0) is 49.2 Å². The van der Waals surface area contributed by atoms with Gasteiger partial charge in [0.2, 0.25) is 0 Å². The molecule has 0 radical (unpaired) electrons. The van der Waals surface area contributed by atoms with Gasteiger partial charge >= 0.3 is 6.09 Å². The Morgan fingerprint density at radius 2 is 1.60 bits per heavy atom. The molecule has 1 amide bonds. The second-order valence-electron chi connectivity index (χ2n) is 6.25. The molecule has 134 valence electrons. The van der Waals surface area contributed by atoms with Gasteiger partial charge < -0.3 is 4.74 Å². The van der Waals surface area contributed by atoms with Crippen LogP contribution in [0.25, 0.3) is 0 Å². The van der Waals surface area contributed by atoms with Crippen molar-refractivity contribution in [2.24, 2.45) is 0 Å². The number of nitrogens with zero attached hydrogens (tertiary/aromatic N) is 1. The minimum absolute atomic E-state index is 0.267. The molecule has 0 aliphatic rings. The Hall–Kier alpha value is -2.33. The van der Waals surface area contributed by atoms with Crippen LogP contribution >= 0.6 is 0 Å². The van der Waals surface area contributed by atoms with Gasteiger partial charge in [0.05, 0.1) is 0 Å². The summed E-state index contributed by atoms with van der Waals surface area (Å²) in [4.78, 5) is 14.5. The minimum atomic E-state index is -0.424. The average molecular weight is 340 g/mol. The van der Waals surface area contributed by atoms with Crippen molar-refractivity contribution >= 4 is 11.8 Å². The molecule has 0 aliphatic carbocycles. The Morgan fingerprint density at radius 1 is 1.00 bits per heavy atom. The predicted octanol–water partition coefficient (Wildman–Crippen LogP) is 4.89. The molecule has 1 N–H and O–H groups in total. The molecule has 0 atom stereocenters. The Labute approximate surface area is 150 Å². The van der Waals surface area contributed by atoms with Crippen LogP contribution in [0.3, 0.4) is 0 Å². The zero-order chi connectivity index (χ0) is 18.2. The molecule has 25 heavy (non-hydrogen) atoms. The number of ether oxygens (including phenoxy) is 1. The summed E-state index contributed by atoms with van der Waals surface area (Å²) in [5.74, 6) is 0. The summed E-state index contributed by atoms with van der Waals surface area (Å²) >= 11 is 0. The van der Waals surface area contributed by atoms with E-state index >= 15 is 0 Å². The molecule has 2 rings (SSSR count). The Balaban J connectivity index is 1.93. The Morgan fingerprint density at radius 3 is 2.24 bits per heavy atom. The highest BCUT2D eigenvalue weighted by Gasteiger charge is 2.09. The van der Waals surface area contributed by atoms with Crippen LogP contribution in [0, 0.1) is 13.8 Å². The van der Waals surface area contributed by atoms with Crippen molar-refractivity contribution in [2.75, 3.05) is 18.4 Å². The Kier molecular flexibility index (Phi) is 7.02. The molecular weight excluding hydrogens is 312 g/mol. The number of amides is 1. The first-order valence-electron chi connectivity index (χ1n) is 8.83. The molecule has 0 aliphatic heterocycles. The molecule has 0 bridgehead atoms. The zero-order valence-electron chi connectivity index (χ0n) is 15.6. The first-order valence-corrected chi connectivity index (χ1v) is 8.83. The number of rotatable bonds is 7. The second-order valence-corrected chi connectivity index (χ2v) is 6.25. The number of nitrogens with one attached hydrogen (secondary N) is 1. The van der Waals surface area contributed by atoms with E-state index in [2.05, 4.69) is 36.2 Å². The highest BCUT2D eigenvalue weighted by atomic mass is 16.5. The van der Waals surface area contributed by atoms with Crippen molar-refractivity contribution < 1.29 is 9.53 Å². The maximum Gasteiger partial charge on any atom is 0.411 e. The van der Waals surface area contributed by atoms with Crippen LogP contribution < -0.4 is 5.32 Å². The number of anilines is 1. The van der Waals surface area contributed by atoms with E-state index in [1.54, 1.807) is 0 Å². The fourth-order valence-electron chi connectivity index (χ4n) is 2.82. The molecule has 0 aromatic heterocycles. The van der Waals surface area contributed by atoms with Gasteiger partial charge in [-0.1, -0.05) is 56.3 Å². The molecule has 2 aromatic carbocycles. The van der Waals surface area contributed by atoms with Crippen LogP contribution in [-0.2, 0) is 17.9 Å². The van der Waals surface area contributed by atoms with Crippen molar-refractivity contribution in [2.45, 2.75) is 40.8 Å². The smallest absolute Gasteiger partial charge is 0.411 e. The minimum Gasteiger partial charge on any atom is -0.444 e. The molecule has 0 unspecified atom stereocenters. The number of carbonyl (C=O) groups excluding carboxylic acids is 1. The molecule has 4 nitrogen and oxygen atoms in total. The van der Waals surface area contributed by atoms with Crippen molar-refractivity contribution in [3.63, 3.8) is 0 Å². The van der Waals surface area contributed by atoms with E-state index in [1.807, 2.05) is 44.2 Å². The lowest BCUT2D eigenvalue weighted by molar-refractivity contribution is 0.155. The standard InChI is InChI=1S/C21H28N2O2/c1-5-23(6-2)14-18-11-8-12-19(13-18)15-25-21(24)22-20-16(3)9-7-10-17(20)4/h7-13H,5-6,14-15H2,1-4H3,(H,22,24). The van der Waals surface area contributed by atoms with Gasteiger partial charge in [-0.25, -0.2) is 4.79 Å². The summed E-state index contributed by atoms with van der Waals surface area (Å²) in [5.41, 5.74) is 5.11. The van der Waals surface area contributed by atoms with Gasteiger partial charge in [0, 0.05) is 12.2 Å². The molecular formula is C21H28N2O2. The topological polar surface area (TPSA) is 41.6 Å². The highest BCUT2D eigenvalue weighted by molar-refractivity contribution is 5.86. The van der Waals surface area contributed by atoms with Gasteiger partial charge in [0.25, 0.3) is 0 Å². The van der Waals surface area contributed by atoms with E-state index in [0.717, 1.165) is 42.0 Å². The van der Waals surface area contributed by atoms with Crippen LogP contribution in [0.4, 0.5) is 10.5 Å². The summed E-state index contributed by atoms with van der Waals surface area (Å²) in [7, 11) is 0. The first-order chi connectivity index (χ1) is 12.0. The van der Waals surface area contributed by atoms with Crippen LogP contribution in [0.5, 0.6) is 0 Å². The van der Waals surface area contributed by atoms with Crippen LogP contribution in [0.15, 0.2) is 42.5 Å². The van der Waals surface area contributed by atoms with Crippen LogP contribution in [0.2, 0.25) is 0 Å². The maximum atomic E-state index is 12.1. The molecule has 0 saturated carbocycles. The lowest BCUT2D eigenvalue weighted by Gasteiger charge is -2.18. The third kappa shape index (κ3) is 5.61. The number of aryl methyl sites for hydroxylation is 2. The van der Waals surface area contributed by atoms with E-state index in [4.69, 9.17) is 4.74 Å². The van der Waals surface area contributed by atoms with E-state index in [-0.39, 0.29) is 6.61 Å². The van der Waals surface area contributed by atoms with Gasteiger partial charge in [0.15, 0.2) is 0 Å². The fourth-order valence-corrected chi connectivity index (χ4v) is 2.82. The van der Waals surface area contributed by atoms with Crippen molar-refractivity contribution in [3.8, 4) is 0 Å². The third-order valence-electron chi connectivity index (χ3n) is 4.37. The lowest BCUT2D eigenvalue weighted by atomic mass is 10.1. The first kappa shape index (κ1) is 19.0. The monoisotopic (exact) mass is 340 g/mol. The van der Waals surface area contributed by atoms with E-state index in [9.17, 15) is 4.79 Å². The molecule has 0 fully saturated rings. The van der Waals surface area contributed by atoms with Gasteiger partial charge in [-0.2, -0.15) is 0 Å². The SMILES string of the molecule is CCN(CC)Cc1cccc(COC(=O)Nc2c(C)cccc2C)c1. The maximum absolute atomic E-state index is 12.1. The summed E-state index contributed by atoms with van der Waals surface area (Å²) in [6, 6.07) is 14.1. The number of carbonyl (C=O) groups is 1. The van der Waals surface area contributed by atoms with Crippen molar-refractivity contribution in [1.29, 1.82) is 0 Å². The van der Waals surface area contributed by atoms with Gasteiger partial charge in [-0.3, -0.25) is 10.2 Å². The van der Waals surface area contributed by atoms with E-state index in [1.165, 1.54) is 5.56 Å². The fraction of sp³-hybridized carbons (Fsp3) is 0.381. The normalized spacial score (nSPS) is 10.8. The average Bonchev–Trinajstić information content (AvgIpc) is 2.61. The number of hydrogen-bond acceptors (Lipinski definition) is 3. The summed E-state index contributed by atoms with van der Waals surface area (Å²) in [5, 5.41) is 2.84. The second kappa shape index (κ2) is 9.23. The largest absolute Gasteiger partial charge is 0.444 e. The van der Waals surface area contributed by atoms with Crippen molar-refractivity contribution in [3.05, 3.63) is 64.7 Å². The summed E-state index contributed by atoms with van der Waals surface area (Å²) in [6.07, 6.45) is -0.424. The molecule has 4 heteroatoms. The van der Waals surface area contributed by atoms with Crippen molar-refractivity contribution in [1.82, 2.24) is 4.90 Å². The van der Waals surface area contributed by atoms with Gasteiger partial charge in [-0.15, -0.1) is 0 Å². The Bertz CT molecular complexity index is 689. The van der Waals surface area contributed by atoms with E-state index < -0.39 is 6.09 Å². The quantitative estimate of drug-likeness (QED) is 0.780. The highest BCUT2D eigenvalue weighted by Crippen LogP contribution is 2.19. The number of benzene rings is 2. The van der Waals surface area contributed by atoms with Crippen LogP contribution in [0.1, 0.15) is 36.1 Å². The number of hydrogen-bond donors (Lipinski definition) is 1. The number of para-hydroxylation sites is 1. The van der Waals surface area contributed by atoms with Crippen LogP contribution in [-0.4, -0.2) is 24.1 Å². The molecule has 0 saturated heterocycles. The lowest BCUT2D eigenvalue weighted by Crippen LogP contribution is -2.22. The zero-order valence-corrected chi connectivity index (χ0v) is 15.6. The molecule has 2 aromatic rings. The van der Waals surface area contributed by atoms with Gasteiger partial charge in [0.1, 0.15) is 6.61 Å². The third-order valence-corrected chi connectivity index (χ3v) is 4.37. The molecule has 0 heterocycles. The van der Waals surface area contributed by atoms with E-state index in [0.29, 0.717) is 0 Å². The predicted molar refractivity (Wildman–Crippen MR) is 103 cm³/mol. The summed E-state index contributed by atoms with van der Waals surface area (Å²) in [6.45, 7) is 11.5. The molecule has 0 spiro atoms. The summed E-state index contributed by atoms with van der Waals surface area (Å²) < 4.78 is 5.39.